The second-order valence-corrected chi connectivity index (χ2v) is 8.23. The summed E-state index contributed by atoms with van der Waals surface area (Å²) in [6, 6.07) is -0.478. The summed E-state index contributed by atoms with van der Waals surface area (Å²) in [5.74, 6) is -3.04. The van der Waals surface area contributed by atoms with Crippen molar-refractivity contribution in [3.05, 3.63) is 11.3 Å². The van der Waals surface area contributed by atoms with Gasteiger partial charge in [-0.3, -0.25) is 10.2 Å². The number of sulfone groups is 1. The SMILES string of the molecule is CC(O)C1C(=O)N2C(C(=O)O)=C(CS(=O)(=O)CCCNC=N)CC12. The van der Waals surface area contributed by atoms with Gasteiger partial charge in [0, 0.05) is 6.54 Å². The second kappa shape index (κ2) is 6.89. The van der Waals surface area contributed by atoms with Crippen LogP contribution in [0.25, 0.3) is 0 Å². The zero-order valence-corrected chi connectivity index (χ0v) is 14.0. The van der Waals surface area contributed by atoms with Crippen LogP contribution in [0.4, 0.5) is 0 Å². The molecule has 1 fully saturated rings. The Morgan fingerprint density at radius 1 is 1.54 bits per heavy atom. The van der Waals surface area contributed by atoms with Crippen molar-refractivity contribution < 1.29 is 28.2 Å². The lowest BCUT2D eigenvalue weighted by Gasteiger charge is -2.44. The number of β-lactam (4-membered cyclic amide) rings is 1. The van der Waals surface area contributed by atoms with E-state index in [1.54, 1.807) is 0 Å². The fourth-order valence-corrected chi connectivity index (χ4v) is 4.81. The van der Waals surface area contributed by atoms with Crippen LogP contribution in [0, 0.1) is 11.3 Å². The van der Waals surface area contributed by atoms with E-state index < -0.39 is 45.5 Å². The molecule has 4 N–H and O–H groups in total. The summed E-state index contributed by atoms with van der Waals surface area (Å²) in [5, 5.41) is 28.4. The van der Waals surface area contributed by atoms with Crippen molar-refractivity contribution in [2.45, 2.75) is 31.9 Å². The molecule has 24 heavy (non-hydrogen) atoms. The van der Waals surface area contributed by atoms with Gasteiger partial charge in [-0.1, -0.05) is 0 Å². The minimum absolute atomic E-state index is 0.136. The van der Waals surface area contributed by atoms with Crippen LogP contribution in [0.2, 0.25) is 0 Å². The smallest absolute Gasteiger partial charge is 0.352 e. The lowest BCUT2D eigenvalue weighted by molar-refractivity contribution is -0.161. The van der Waals surface area contributed by atoms with Crippen molar-refractivity contribution in [1.29, 1.82) is 5.41 Å². The topological polar surface area (TPSA) is 148 Å². The van der Waals surface area contributed by atoms with Crippen LogP contribution in [-0.2, 0) is 19.4 Å². The largest absolute Gasteiger partial charge is 0.477 e. The van der Waals surface area contributed by atoms with E-state index >= 15 is 0 Å². The zero-order valence-electron chi connectivity index (χ0n) is 13.2. The number of nitrogens with one attached hydrogen (secondary N) is 2. The number of aliphatic hydroxyl groups is 1. The molecule has 0 aliphatic carbocycles. The van der Waals surface area contributed by atoms with E-state index in [-0.39, 0.29) is 23.4 Å². The number of fused-ring (bicyclic) bond motifs is 1. The Balaban J connectivity index is 2.13. The van der Waals surface area contributed by atoms with Crippen molar-refractivity contribution in [1.82, 2.24) is 10.2 Å². The van der Waals surface area contributed by atoms with E-state index in [4.69, 9.17) is 5.41 Å². The van der Waals surface area contributed by atoms with E-state index in [1.807, 2.05) is 0 Å². The fourth-order valence-electron chi connectivity index (χ4n) is 3.29. The van der Waals surface area contributed by atoms with Crippen LogP contribution < -0.4 is 5.32 Å². The van der Waals surface area contributed by atoms with Crippen LogP contribution in [0.5, 0.6) is 0 Å². The summed E-state index contributed by atoms with van der Waals surface area (Å²) in [6.07, 6.45) is 0.523. The van der Waals surface area contributed by atoms with Gasteiger partial charge in [0.05, 0.1) is 35.9 Å². The van der Waals surface area contributed by atoms with Gasteiger partial charge in [0.25, 0.3) is 0 Å². The third kappa shape index (κ3) is 3.44. The number of carboxylic acid groups (broad SMARTS) is 1. The van der Waals surface area contributed by atoms with Crippen molar-refractivity contribution >= 4 is 28.1 Å². The van der Waals surface area contributed by atoms with Gasteiger partial charge in [-0.2, -0.15) is 0 Å². The molecule has 0 bridgehead atoms. The first kappa shape index (κ1) is 18.4. The number of aliphatic hydroxyl groups excluding tert-OH is 1. The Bertz CT molecular complexity index is 685. The standard InChI is InChI=1S/C14H21N3O6S/c1-8(18)11-10-5-9(12(14(20)21)17(10)13(11)19)6-24(22,23)4-2-3-16-7-15/h7-8,10-11,18H,2-6H2,1H3,(H2,15,16)(H,20,21). The number of amides is 1. The van der Waals surface area contributed by atoms with Gasteiger partial charge < -0.3 is 20.4 Å². The minimum atomic E-state index is -3.52. The molecule has 0 radical (unpaired) electrons. The molecule has 2 rings (SSSR count). The summed E-state index contributed by atoms with van der Waals surface area (Å²) in [4.78, 5) is 24.6. The first-order chi connectivity index (χ1) is 11.2. The quantitative estimate of drug-likeness (QED) is 0.177. The maximum atomic E-state index is 12.2. The number of aliphatic carboxylic acids is 1. The predicted octanol–water partition coefficient (Wildman–Crippen LogP) is -1.06. The molecule has 134 valence electrons. The van der Waals surface area contributed by atoms with Gasteiger partial charge >= 0.3 is 5.97 Å². The molecular weight excluding hydrogens is 338 g/mol. The van der Waals surface area contributed by atoms with Crippen molar-refractivity contribution in [2.75, 3.05) is 18.1 Å². The predicted molar refractivity (Wildman–Crippen MR) is 85.1 cm³/mol. The molecular formula is C14H21N3O6S. The van der Waals surface area contributed by atoms with Crippen molar-refractivity contribution in [2.24, 2.45) is 5.92 Å². The van der Waals surface area contributed by atoms with Crippen LogP contribution in [0.15, 0.2) is 11.3 Å². The fraction of sp³-hybridized carbons (Fsp3) is 0.643. The molecule has 10 heteroatoms. The highest BCUT2D eigenvalue weighted by molar-refractivity contribution is 7.91. The van der Waals surface area contributed by atoms with Crippen LogP contribution in [-0.4, -0.2) is 71.9 Å². The Labute approximate surface area is 139 Å². The van der Waals surface area contributed by atoms with Crippen molar-refractivity contribution in [3.8, 4) is 0 Å². The normalized spacial score (nSPS) is 24.4. The van der Waals surface area contributed by atoms with Gasteiger partial charge in [-0.25, -0.2) is 13.2 Å². The van der Waals surface area contributed by atoms with E-state index in [2.05, 4.69) is 5.32 Å². The van der Waals surface area contributed by atoms with E-state index in [1.165, 1.54) is 6.92 Å². The lowest BCUT2D eigenvalue weighted by Crippen LogP contribution is -2.61. The molecule has 0 aromatic rings. The van der Waals surface area contributed by atoms with Gasteiger partial charge in [-0.05, 0) is 25.3 Å². The number of carbonyl (C=O) groups is 2. The number of hydrogen-bond acceptors (Lipinski definition) is 6. The third-order valence-electron chi connectivity index (χ3n) is 4.30. The molecule has 1 saturated heterocycles. The average Bonchev–Trinajstić information content (AvgIpc) is 2.77. The summed E-state index contributed by atoms with van der Waals surface area (Å²) in [7, 11) is -3.52. The van der Waals surface area contributed by atoms with Crippen LogP contribution >= 0.6 is 0 Å². The zero-order chi connectivity index (χ0) is 18.1. The molecule has 0 spiro atoms. The molecule has 2 aliphatic rings. The Hall–Kier alpha value is -1.94. The first-order valence-electron chi connectivity index (χ1n) is 7.59. The van der Waals surface area contributed by atoms with Gasteiger partial charge in [0.1, 0.15) is 5.70 Å². The summed E-state index contributed by atoms with van der Waals surface area (Å²) >= 11 is 0. The number of hydrogen-bond donors (Lipinski definition) is 4. The lowest BCUT2D eigenvalue weighted by atomic mass is 9.83. The van der Waals surface area contributed by atoms with Crippen molar-refractivity contribution in [3.63, 3.8) is 0 Å². The maximum absolute atomic E-state index is 12.2. The Morgan fingerprint density at radius 3 is 2.75 bits per heavy atom. The summed E-state index contributed by atoms with van der Waals surface area (Å²) < 4.78 is 24.4. The van der Waals surface area contributed by atoms with Crippen LogP contribution in [0.3, 0.4) is 0 Å². The number of nitrogens with zero attached hydrogens (tertiary/aromatic N) is 1. The first-order valence-corrected chi connectivity index (χ1v) is 9.41. The highest BCUT2D eigenvalue weighted by Gasteiger charge is 2.56. The monoisotopic (exact) mass is 359 g/mol. The Kier molecular flexibility index (Phi) is 5.29. The maximum Gasteiger partial charge on any atom is 0.352 e. The Morgan fingerprint density at radius 2 is 2.21 bits per heavy atom. The molecule has 0 aromatic heterocycles. The van der Waals surface area contributed by atoms with Crippen LogP contribution in [0.1, 0.15) is 19.8 Å². The molecule has 9 nitrogen and oxygen atoms in total. The molecule has 2 aliphatic heterocycles. The molecule has 2 heterocycles. The number of carboxylic acids is 1. The third-order valence-corrected chi connectivity index (χ3v) is 5.99. The van der Waals surface area contributed by atoms with E-state index in [0.717, 1.165) is 11.2 Å². The molecule has 0 aromatic carbocycles. The van der Waals surface area contributed by atoms with Gasteiger partial charge in [0.15, 0.2) is 9.84 Å². The molecule has 3 unspecified atom stereocenters. The molecule has 1 amide bonds. The van der Waals surface area contributed by atoms with E-state index in [9.17, 15) is 28.2 Å². The molecule has 0 saturated carbocycles. The second-order valence-electron chi connectivity index (χ2n) is 6.05. The minimum Gasteiger partial charge on any atom is -0.477 e. The summed E-state index contributed by atoms with van der Waals surface area (Å²) in [6.45, 7) is 1.80. The number of carbonyl (C=O) groups excluding carboxylic acids is 1. The van der Waals surface area contributed by atoms with Gasteiger partial charge in [-0.15, -0.1) is 0 Å². The number of rotatable bonds is 9. The average molecular weight is 359 g/mol. The summed E-state index contributed by atoms with van der Waals surface area (Å²) in [5.41, 5.74) is -0.0490. The van der Waals surface area contributed by atoms with Gasteiger partial charge in [0.2, 0.25) is 5.91 Å². The highest BCUT2D eigenvalue weighted by Crippen LogP contribution is 2.43. The van der Waals surface area contributed by atoms with E-state index in [0.29, 0.717) is 13.0 Å². The highest BCUT2D eigenvalue weighted by atomic mass is 32.2. The molecule has 3 atom stereocenters.